The van der Waals surface area contributed by atoms with Gasteiger partial charge in [-0.05, 0) is 45.0 Å². The number of rotatable bonds is 4. The number of nitrogens with zero attached hydrogens (tertiary/aromatic N) is 4. The second kappa shape index (κ2) is 7.35. The molecule has 2 heterocycles. The van der Waals surface area contributed by atoms with Gasteiger partial charge in [-0.25, -0.2) is 9.67 Å². The molecular weight excluding hydrogens is 366 g/mol. The number of carbonyl (C=O) groups excluding carboxylic acids is 1. The number of anilines is 1. The van der Waals surface area contributed by atoms with Crippen LogP contribution in [0.4, 0.5) is 5.82 Å². The van der Waals surface area contributed by atoms with Gasteiger partial charge in [-0.1, -0.05) is 29.3 Å². The van der Waals surface area contributed by atoms with Crippen LogP contribution in [-0.2, 0) is 11.3 Å². The van der Waals surface area contributed by atoms with Crippen molar-refractivity contribution in [2.24, 2.45) is 0 Å². The average molecular weight is 387 g/mol. The number of fused-ring (bicyclic) bond motifs is 1. The molecule has 146 valence electrons. The van der Waals surface area contributed by atoms with Crippen molar-refractivity contribution in [1.29, 1.82) is 0 Å². The zero-order valence-corrected chi connectivity index (χ0v) is 16.5. The normalized spacial score (nSPS) is 11.0. The summed E-state index contributed by atoms with van der Waals surface area (Å²) in [5.74, 6) is 0.225. The number of hydrogen-bond donors (Lipinski definition) is 1. The summed E-state index contributed by atoms with van der Waals surface area (Å²) in [6.45, 7) is 5.66. The molecule has 0 aliphatic carbocycles. The summed E-state index contributed by atoms with van der Waals surface area (Å²) in [5, 5.41) is 7.81. The average Bonchev–Trinajstić information content (AvgIpc) is 3.05. The van der Waals surface area contributed by atoms with Crippen molar-refractivity contribution in [3.8, 4) is 5.69 Å². The monoisotopic (exact) mass is 387 g/mol. The van der Waals surface area contributed by atoms with Crippen molar-refractivity contribution in [2.75, 3.05) is 5.32 Å². The second-order valence-corrected chi connectivity index (χ2v) is 7.16. The van der Waals surface area contributed by atoms with Crippen LogP contribution in [0.3, 0.4) is 0 Å². The van der Waals surface area contributed by atoms with Gasteiger partial charge in [-0.2, -0.15) is 5.10 Å². The number of benzene rings is 2. The van der Waals surface area contributed by atoms with Crippen LogP contribution in [0.25, 0.3) is 16.6 Å². The minimum atomic E-state index is -0.325. The van der Waals surface area contributed by atoms with Crippen LogP contribution >= 0.6 is 0 Å². The predicted octanol–water partition coefficient (Wildman–Crippen LogP) is 3.15. The molecule has 0 spiro atoms. The summed E-state index contributed by atoms with van der Waals surface area (Å²) in [6.07, 6.45) is 1.40. The summed E-state index contributed by atoms with van der Waals surface area (Å²) in [6, 6.07) is 15.1. The van der Waals surface area contributed by atoms with E-state index in [0.29, 0.717) is 16.7 Å². The van der Waals surface area contributed by atoms with Crippen LogP contribution < -0.4 is 10.9 Å². The summed E-state index contributed by atoms with van der Waals surface area (Å²) in [5.41, 5.74) is 4.11. The summed E-state index contributed by atoms with van der Waals surface area (Å²) in [7, 11) is 0. The molecule has 2 aromatic carbocycles. The Morgan fingerprint density at radius 2 is 1.72 bits per heavy atom. The van der Waals surface area contributed by atoms with Gasteiger partial charge in [-0.15, -0.1) is 0 Å². The lowest BCUT2D eigenvalue weighted by molar-refractivity contribution is -0.116. The maximum atomic E-state index is 12.7. The third kappa shape index (κ3) is 3.80. The fraction of sp³-hybridized carbons (Fsp3) is 0.182. The van der Waals surface area contributed by atoms with Crippen LogP contribution in [-0.4, -0.2) is 25.2 Å². The molecule has 1 amide bonds. The van der Waals surface area contributed by atoms with Crippen molar-refractivity contribution in [3.63, 3.8) is 0 Å². The fourth-order valence-corrected chi connectivity index (χ4v) is 3.19. The van der Waals surface area contributed by atoms with E-state index >= 15 is 0 Å². The Morgan fingerprint density at radius 3 is 2.48 bits per heavy atom. The fourth-order valence-electron chi connectivity index (χ4n) is 3.19. The Labute approximate surface area is 167 Å². The third-order valence-electron chi connectivity index (χ3n) is 4.67. The van der Waals surface area contributed by atoms with Gasteiger partial charge in [0.05, 0.1) is 28.6 Å². The van der Waals surface area contributed by atoms with Gasteiger partial charge < -0.3 is 5.32 Å². The Morgan fingerprint density at radius 1 is 1.00 bits per heavy atom. The van der Waals surface area contributed by atoms with E-state index < -0.39 is 0 Å². The topological polar surface area (TPSA) is 81.8 Å². The first-order valence-electron chi connectivity index (χ1n) is 9.30. The number of nitrogens with one attached hydrogen (secondary N) is 1. The molecular formula is C22H21N5O2. The number of aromatic nitrogens is 4. The SMILES string of the molecule is Cc1ccc(-n2nc(C)cc2NC(=O)Cn2cnc3ccc(C)cc3c2=O)cc1. The number of amides is 1. The van der Waals surface area contributed by atoms with Gasteiger partial charge in [0, 0.05) is 6.07 Å². The van der Waals surface area contributed by atoms with Gasteiger partial charge in [-0.3, -0.25) is 14.2 Å². The maximum absolute atomic E-state index is 12.7. The first kappa shape index (κ1) is 18.6. The summed E-state index contributed by atoms with van der Waals surface area (Å²) in [4.78, 5) is 29.6. The minimum absolute atomic E-state index is 0.131. The molecule has 4 rings (SSSR count). The predicted molar refractivity (Wildman–Crippen MR) is 112 cm³/mol. The first-order chi connectivity index (χ1) is 13.9. The second-order valence-electron chi connectivity index (χ2n) is 7.16. The Hall–Kier alpha value is -3.74. The first-order valence-corrected chi connectivity index (χ1v) is 9.30. The number of carbonyl (C=O) groups is 1. The largest absolute Gasteiger partial charge is 0.309 e. The zero-order chi connectivity index (χ0) is 20.5. The van der Waals surface area contributed by atoms with E-state index in [9.17, 15) is 9.59 Å². The molecule has 7 heteroatoms. The van der Waals surface area contributed by atoms with Crippen LogP contribution in [0.15, 0.2) is 59.7 Å². The standard InChI is InChI=1S/C22H21N5O2/c1-14-4-7-17(8-5-14)27-20(11-16(3)25-27)24-21(28)12-26-13-23-19-9-6-15(2)10-18(19)22(26)29/h4-11,13H,12H2,1-3H3,(H,24,28). The smallest absolute Gasteiger partial charge is 0.261 e. The third-order valence-corrected chi connectivity index (χ3v) is 4.67. The molecule has 0 atom stereocenters. The van der Waals surface area contributed by atoms with Crippen molar-refractivity contribution < 1.29 is 4.79 Å². The van der Waals surface area contributed by atoms with E-state index in [-0.39, 0.29) is 18.0 Å². The van der Waals surface area contributed by atoms with Crippen molar-refractivity contribution in [3.05, 3.63) is 82.0 Å². The number of aryl methyl sites for hydroxylation is 3. The summed E-state index contributed by atoms with van der Waals surface area (Å²) < 4.78 is 2.99. The molecule has 0 radical (unpaired) electrons. The molecule has 0 aliphatic rings. The van der Waals surface area contributed by atoms with Gasteiger partial charge >= 0.3 is 0 Å². The molecule has 7 nitrogen and oxygen atoms in total. The van der Waals surface area contributed by atoms with Crippen LogP contribution in [0.1, 0.15) is 16.8 Å². The quantitative estimate of drug-likeness (QED) is 0.583. The van der Waals surface area contributed by atoms with Crippen molar-refractivity contribution >= 4 is 22.6 Å². The highest BCUT2D eigenvalue weighted by Gasteiger charge is 2.13. The molecule has 29 heavy (non-hydrogen) atoms. The lowest BCUT2D eigenvalue weighted by Gasteiger charge is -2.10. The molecule has 0 unspecified atom stereocenters. The van der Waals surface area contributed by atoms with Gasteiger partial charge in [0.1, 0.15) is 12.4 Å². The Balaban J connectivity index is 1.60. The highest BCUT2D eigenvalue weighted by Crippen LogP contribution is 2.18. The van der Waals surface area contributed by atoms with Gasteiger partial charge in [0.2, 0.25) is 5.91 Å². The number of hydrogen-bond acceptors (Lipinski definition) is 4. The lowest BCUT2D eigenvalue weighted by atomic mass is 10.2. The lowest BCUT2D eigenvalue weighted by Crippen LogP contribution is -2.28. The Bertz CT molecular complexity index is 1270. The molecule has 0 saturated heterocycles. The van der Waals surface area contributed by atoms with E-state index in [2.05, 4.69) is 15.4 Å². The van der Waals surface area contributed by atoms with Gasteiger partial charge in [0.15, 0.2) is 0 Å². The van der Waals surface area contributed by atoms with Gasteiger partial charge in [0.25, 0.3) is 5.56 Å². The van der Waals surface area contributed by atoms with E-state index in [1.54, 1.807) is 22.9 Å². The molecule has 1 N–H and O–H groups in total. The molecule has 2 aromatic heterocycles. The van der Waals surface area contributed by atoms with Crippen molar-refractivity contribution in [2.45, 2.75) is 27.3 Å². The molecule has 4 aromatic rings. The maximum Gasteiger partial charge on any atom is 0.261 e. The van der Waals surface area contributed by atoms with Crippen molar-refractivity contribution in [1.82, 2.24) is 19.3 Å². The minimum Gasteiger partial charge on any atom is -0.309 e. The van der Waals surface area contributed by atoms with Crippen LogP contribution in [0.5, 0.6) is 0 Å². The van der Waals surface area contributed by atoms with Crippen LogP contribution in [0.2, 0.25) is 0 Å². The molecule has 0 saturated carbocycles. The van der Waals surface area contributed by atoms with E-state index in [1.165, 1.54) is 10.9 Å². The van der Waals surface area contributed by atoms with E-state index in [1.807, 2.05) is 51.1 Å². The molecule has 0 fully saturated rings. The van der Waals surface area contributed by atoms with E-state index in [0.717, 1.165) is 22.5 Å². The zero-order valence-electron chi connectivity index (χ0n) is 16.5. The summed E-state index contributed by atoms with van der Waals surface area (Å²) >= 11 is 0. The highest BCUT2D eigenvalue weighted by atomic mass is 16.2. The Kier molecular flexibility index (Phi) is 4.72. The molecule has 0 aliphatic heterocycles. The van der Waals surface area contributed by atoms with Crippen LogP contribution in [0, 0.1) is 20.8 Å². The molecule has 0 bridgehead atoms. The van der Waals surface area contributed by atoms with E-state index in [4.69, 9.17) is 0 Å². The highest BCUT2D eigenvalue weighted by molar-refractivity contribution is 5.90.